The second kappa shape index (κ2) is 4.87. The summed E-state index contributed by atoms with van der Waals surface area (Å²) in [6.45, 7) is 2.07. The Bertz CT molecular complexity index is 246. The van der Waals surface area contributed by atoms with E-state index in [9.17, 15) is 8.78 Å². The van der Waals surface area contributed by atoms with Gasteiger partial charge in [-0.2, -0.15) is 0 Å². The van der Waals surface area contributed by atoms with Crippen molar-refractivity contribution in [1.29, 1.82) is 0 Å². The lowest BCUT2D eigenvalue weighted by atomic mass is 9.77. The van der Waals surface area contributed by atoms with E-state index in [-0.39, 0.29) is 11.8 Å². The maximum absolute atomic E-state index is 11.7. The topological polar surface area (TPSA) is 0 Å². The van der Waals surface area contributed by atoms with Gasteiger partial charge in [-0.1, -0.05) is 18.8 Å². The van der Waals surface area contributed by atoms with Gasteiger partial charge in [-0.15, -0.1) is 8.78 Å². The summed E-state index contributed by atoms with van der Waals surface area (Å²) in [7, 11) is 0. The molecule has 0 N–H and O–H groups in total. The molecule has 0 aromatic carbocycles. The maximum Gasteiger partial charge on any atom is 0.105 e. The van der Waals surface area contributed by atoms with E-state index in [2.05, 4.69) is 18.8 Å². The van der Waals surface area contributed by atoms with E-state index in [0.717, 1.165) is 12.8 Å². The molecule has 0 aromatic heterocycles. The second-order valence-corrected chi connectivity index (χ2v) is 3.68. The molecule has 70 valence electrons. The molecule has 0 saturated heterocycles. The summed E-state index contributed by atoms with van der Waals surface area (Å²) < 4.78 is 23.5. The van der Waals surface area contributed by atoms with E-state index >= 15 is 0 Å². The maximum atomic E-state index is 11.7. The van der Waals surface area contributed by atoms with E-state index in [4.69, 9.17) is 0 Å². The van der Waals surface area contributed by atoms with Crippen LogP contribution in [0.2, 0.25) is 0 Å². The van der Waals surface area contributed by atoms with Crippen LogP contribution in [-0.4, -0.2) is 0 Å². The van der Waals surface area contributed by atoms with Crippen LogP contribution in [0.5, 0.6) is 0 Å². The molecule has 2 atom stereocenters. The first kappa shape index (κ1) is 10.1. The van der Waals surface area contributed by atoms with Crippen LogP contribution >= 0.6 is 0 Å². The van der Waals surface area contributed by atoms with Crippen molar-refractivity contribution >= 4 is 0 Å². The molecular formula is C11H12F2. The van der Waals surface area contributed by atoms with E-state index in [0.29, 0.717) is 12.3 Å². The van der Waals surface area contributed by atoms with Gasteiger partial charge in [0.15, 0.2) is 0 Å². The van der Waals surface area contributed by atoms with Crippen molar-refractivity contribution in [2.24, 2.45) is 17.8 Å². The molecule has 0 radical (unpaired) electrons. The standard InChI is InChI=1S/C11H12F2/c1-9-6-10(2-4-12)8-11(7-9)3-5-13/h9-11H,6-8H2,1H3. The van der Waals surface area contributed by atoms with Gasteiger partial charge >= 0.3 is 0 Å². The molecule has 1 aliphatic rings. The highest BCUT2D eigenvalue weighted by molar-refractivity contribution is 5.07. The van der Waals surface area contributed by atoms with E-state index in [1.54, 1.807) is 0 Å². The molecule has 0 aliphatic heterocycles. The predicted octanol–water partition coefficient (Wildman–Crippen LogP) is 2.90. The quantitative estimate of drug-likeness (QED) is 0.505. The summed E-state index contributed by atoms with van der Waals surface area (Å²) in [5, 5.41) is 0. The molecule has 0 bridgehead atoms. The van der Waals surface area contributed by atoms with E-state index < -0.39 is 0 Å². The largest absolute Gasteiger partial charge is 0.144 e. The van der Waals surface area contributed by atoms with Crippen LogP contribution in [0.1, 0.15) is 26.2 Å². The predicted molar refractivity (Wildman–Crippen MR) is 47.8 cm³/mol. The first-order valence-corrected chi connectivity index (χ1v) is 4.48. The fraction of sp³-hybridized carbons (Fsp3) is 0.636. The molecule has 2 heteroatoms. The Morgan fingerprint density at radius 3 is 1.77 bits per heavy atom. The molecule has 1 aliphatic carbocycles. The minimum atomic E-state index is 0.0552. The van der Waals surface area contributed by atoms with Gasteiger partial charge in [0.25, 0.3) is 0 Å². The Balaban J connectivity index is 2.58. The minimum absolute atomic E-state index is 0.0552. The Hall–Kier alpha value is -1.02. The lowest BCUT2D eigenvalue weighted by Gasteiger charge is -2.27. The summed E-state index contributed by atoms with van der Waals surface area (Å²) in [6.07, 6.45) is 5.37. The third-order valence-corrected chi connectivity index (χ3v) is 2.46. The average molecular weight is 182 g/mol. The lowest BCUT2D eigenvalue weighted by Crippen LogP contribution is -2.19. The summed E-state index contributed by atoms with van der Waals surface area (Å²) >= 11 is 0. The minimum Gasteiger partial charge on any atom is -0.144 e. The van der Waals surface area contributed by atoms with Gasteiger partial charge in [-0.05, 0) is 25.2 Å². The first-order valence-electron chi connectivity index (χ1n) is 4.48. The Kier molecular flexibility index (Phi) is 3.77. The number of rotatable bonds is 0. The average Bonchev–Trinajstić information content (AvgIpc) is 2.04. The number of hydrogen-bond acceptors (Lipinski definition) is 0. The van der Waals surface area contributed by atoms with Gasteiger partial charge in [-0.3, -0.25) is 0 Å². The lowest BCUT2D eigenvalue weighted by molar-refractivity contribution is 0.285. The monoisotopic (exact) mass is 182 g/mol. The summed E-state index contributed by atoms with van der Waals surface area (Å²) in [5.74, 6) is 5.57. The van der Waals surface area contributed by atoms with Crippen LogP contribution in [0, 0.1) is 41.9 Å². The fourth-order valence-electron chi connectivity index (χ4n) is 1.99. The van der Waals surface area contributed by atoms with Crippen molar-refractivity contribution in [3.05, 3.63) is 0 Å². The smallest absolute Gasteiger partial charge is 0.105 e. The fourth-order valence-corrected chi connectivity index (χ4v) is 1.99. The first-order chi connectivity index (χ1) is 6.26. The van der Waals surface area contributed by atoms with Crippen molar-refractivity contribution in [2.45, 2.75) is 26.2 Å². The van der Waals surface area contributed by atoms with Gasteiger partial charge in [0, 0.05) is 11.8 Å². The van der Waals surface area contributed by atoms with Crippen LogP contribution in [0.15, 0.2) is 0 Å². The Labute approximate surface area is 77.7 Å². The zero-order valence-electron chi connectivity index (χ0n) is 7.61. The molecular weight excluding hydrogens is 170 g/mol. The van der Waals surface area contributed by atoms with Gasteiger partial charge in [-0.25, -0.2) is 0 Å². The Morgan fingerprint density at radius 1 is 0.923 bits per heavy atom. The molecule has 1 saturated carbocycles. The van der Waals surface area contributed by atoms with Gasteiger partial charge < -0.3 is 0 Å². The summed E-state index contributed by atoms with van der Waals surface area (Å²) in [6, 6.07) is 0. The molecule has 1 rings (SSSR count). The van der Waals surface area contributed by atoms with Crippen LogP contribution in [0.25, 0.3) is 0 Å². The summed E-state index contributed by atoms with van der Waals surface area (Å²) in [5.41, 5.74) is 0. The highest BCUT2D eigenvalue weighted by Crippen LogP contribution is 2.32. The van der Waals surface area contributed by atoms with Crippen LogP contribution < -0.4 is 0 Å². The van der Waals surface area contributed by atoms with Crippen molar-refractivity contribution in [3.8, 4) is 24.2 Å². The molecule has 13 heavy (non-hydrogen) atoms. The zero-order chi connectivity index (χ0) is 9.68. The van der Waals surface area contributed by atoms with Crippen LogP contribution in [-0.2, 0) is 0 Å². The zero-order valence-corrected chi connectivity index (χ0v) is 7.61. The molecule has 2 unspecified atom stereocenters. The highest BCUT2D eigenvalue weighted by Gasteiger charge is 2.24. The van der Waals surface area contributed by atoms with Crippen molar-refractivity contribution in [2.75, 3.05) is 0 Å². The SMILES string of the molecule is CC1CC(C#CF)CC(C#CF)C1. The van der Waals surface area contributed by atoms with Crippen molar-refractivity contribution < 1.29 is 8.78 Å². The van der Waals surface area contributed by atoms with E-state index in [1.807, 2.05) is 0 Å². The molecule has 1 fully saturated rings. The van der Waals surface area contributed by atoms with Gasteiger partial charge in [0.05, 0.1) is 0 Å². The third kappa shape index (κ3) is 3.07. The second-order valence-electron chi connectivity index (χ2n) is 3.68. The van der Waals surface area contributed by atoms with Gasteiger partial charge in [0.2, 0.25) is 0 Å². The number of hydrogen-bond donors (Lipinski definition) is 0. The highest BCUT2D eigenvalue weighted by atomic mass is 19.1. The third-order valence-electron chi connectivity index (χ3n) is 2.46. The Morgan fingerprint density at radius 2 is 1.38 bits per heavy atom. The summed E-state index contributed by atoms with van der Waals surface area (Å²) in [4.78, 5) is 0. The normalized spacial score (nSPS) is 32.4. The van der Waals surface area contributed by atoms with E-state index in [1.165, 1.54) is 12.3 Å². The van der Waals surface area contributed by atoms with Gasteiger partial charge in [0.1, 0.15) is 12.3 Å². The molecule has 0 nitrogen and oxygen atoms in total. The molecule has 0 amide bonds. The van der Waals surface area contributed by atoms with Crippen LogP contribution in [0.3, 0.4) is 0 Å². The van der Waals surface area contributed by atoms with Crippen LogP contribution in [0.4, 0.5) is 8.78 Å². The number of halogens is 2. The molecule has 0 aromatic rings. The molecule has 0 heterocycles. The molecule has 0 spiro atoms. The van der Waals surface area contributed by atoms with Crippen molar-refractivity contribution in [1.82, 2.24) is 0 Å². The van der Waals surface area contributed by atoms with Crippen molar-refractivity contribution in [3.63, 3.8) is 0 Å².